The van der Waals surface area contributed by atoms with E-state index in [1.165, 1.54) is 11.6 Å². The summed E-state index contributed by atoms with van der Waals surface area (Å²) in [5, 5.41) is 1.11. The molecule has 0 aliphatic heterocycles. The van der Waals surface area contributed by atoms with Gasteiger partial charge in [-0.3, -0.25) is 4.98 Å². The molecular weight excluding hydrogens is 237 g/mol. The summed E-state index contributed by atoms with van der Waals surface area (Å²) in [6.07, 6.45) is 1.79. The maximum atomic E-state index is 13.3. The van der Waals surface area contributed by atoms with Crippen LogP contribution in [0.4, 0.5) is 4.39 Å². The molecule has 0 radical (unpaired) electrons. The molecule has 3 aromatic rings. The van der Waals surface area contributed by atoms with Crippen LogP contribution >= 0.6 is 0 Å². The number of aromatic nitrogens is 1. The molecule has 94 valence electrons. The van der Waals surface area contributed by atoms with Crippen LogP contribution in [0.3, 0.4) is 0 Å². The van der Waals surface area contributed by atoms with Crippen molar-refractivity contribution in [1.82, 2.24) is 4.98 Å². The van der Waals surface area contributed by atoms with Gasteiger partial charge in [0.1, 0.15) is 5.82 Å². The molecular formula is C17H14FN. The lowest BCUT2D eigenvalue weighted by atomic mass is 9.92. The van der Waals surface area contributed by atoms with Crippen molar-refractivity contribution in [3.63, 3.8) is 0 Å². The number of hydrogen-bond donors (Lipinski definition) is 0. The maximum Gasteiger partial charge on any atom is 0.123 e. The Balaban J connectivity index is 2.04. The molecule has 0 fully saturated rings. The van der Waals surface area contributed by atoms with Crippen molar-refractivity contribution in [2.45, 2.75) is 12.8 Å². The molecule has 0 bridgehead atoms. The summed E-state index contributed by atoms with van der Waals surface area (Å²) in [7, 11) is 0. The first-order valence-corrected chi connectivity index (χ1v) is 6.34. The van der Waals surface area contributed by atoms with Crippen LogP contribution in [0.15, 0.2) is 60.8 Å². The average molecular weight is 251 g/mol. The second-order valence-electron chi connectivity index (χ2n) is 4.73. The first kappa shape index (κ1) is 11.8. The number of rotatable bonds is 2. The molecule has 0 N–H and O–H groups in total. The molecule has 3 rings (SSSR count). The average Bonchev–Trinajstić information content (AvgIpc) is 2.46. The zero-order valence-electron chi connectivity index (χ0n) is 10.7. The predicted octanol–water partition coefficient (Wildman–Crippen LogP) is 4.53. The van der Waals surface area contributed by atoms with Crippen molar-refractivity contribution in [2.24, 2.45) is 0 Å². The highest BCUT2D eigenvalue weighted by atomic mass is 19.1. The van der Waals surface area contributed by atoms with Crippen LogP contribution in [0.2, 0.25) is 0 Å². The number of pyridine rings is 1. The van der Waals surface area contributed by atoms with Crippen LogP contribution in [0.5, 0.6) is 0 Å². The van der Waals surface area contributed by atoms with E-state index < -0.39 is 0 Å². The summed E-state index contributed by atoms with van der Waals surface area (Å²) >= 11 is 0. The zero-order chi connectivity index (χ0) is 13.2. The van der Waals surface area contributed by atoms with E-state index in [1.54, 1.807) is 18.3 Å². The molecule has 0 aliphatic carbocycles. The van der Waals surface area contributed by atoms with Crippen LogP contribution in [0.1, 0.15) is 24.0 Å². The fourth-order valence-electron chi connectivity index (χ4n) is 2.33. The molecule has 1 nitrogen and oxygen atoms in total. The van der Waals surface area contributed by atoms with Gasteiger partial charge in [-0.15, -0.1) is 0 Å². The van der Waals surface area contributed by atoms with Gasteiger partial charge in [-0.05, 0) is 41.5 Å². The van der Waals surface area contributed by atoms with Gasteiger partial charge in [-0.1, -0.05) is 31.2 Å². The molecule has 19 heavy (non-hydrogen) atoms. The largest absolute Gasteiger partial charge is 0.256 e. The topological polar surface area (TPSA) is 12.9 Å². The first-order valence-electron chi connectivity index (χ1n) is 6.34. The molecule has 1 aromatic heterocycles. The Labute approximate surface area is 111 Å². The van der Waals surface area contributed by atoms with Crippen LogP contribution < -0.4 is 0 Å². The third kappa shape index (κ3) is 2.34. The van der Waals surface area contributed by atoms with Gasteiger partial charge in [0.25, 0.3) is 0 Å². The Hall–Kier alpha value is -2.22. The second kappa shape index (κ2) is 4.81. The van der Waals surface area contributed by atoms with Crippen molar-refractivity contribution >= 4 is 10.9 Å². The van der Waals surface area contributed by atoms with Gasteiger partial charge in [-0.25, -0.2) is 4.39 Å². The normalized spacial score (nSPS) is 12.5. The van der Waals surface area contributed by atoms with E-state index in [4.69, 9.17) is 0 Å². The summed E-state index contributed by atoms with van der Waals surface area (Å²) in [6.45, 7) is 2.09. The summed E-state index contributed by atoms with van der Waals surface area (Å²) in [5.74, 6) is -0.0212. The number of nitrogens with zero attached hydrogens (tertiary/aromatic N) is 1. The summed E-state index contributed by atoms with van der Waals surface area (Å²) in [6, 6.07) is 17.0. The first-order chi connectivity index (χ1) is 9.24. The van der Waals surface area contributed by atoms with E-state index in [-0.39, 0.29) is 11.7 Å². The fourth-order valence-corrected chi connectivity index (χ4v) is 2.33. The van der Waals surface area contributed by atoms with Crippen LogP contribution in [0.25, 0.3) is 10.9 Å². The number of benzene rings is 2. The summed E-state index contributed by atoms with van der Waals surface area (Å²) in [4.78, 5) is 4.31. The van der Waals surface area contributed by atoms with E-state index >= 15 is 0 Å². The molecule has 0 aliphatic rings. The van der Waals surface area contributed by atoms with E-state index in [1.807, 2.05) is 24.3 Å². The Kier molecular flexibility index (Phi) is 3.00. The summed E-state index contributed by atoms with van der Waals surface area (Å²) < 4.78 is 13.3. The van der Waals surface area contributed by atoms with E-state index in [2.05, 4.69) is 24.0 Å². The molecule has 0 saturated carbocycles. The van der Waals surface area contributed by atoms with Crippen molar-refractivity contribution in [3.05, 3.63) is 77.7 Å². The third-order valence-corrected chi connectivity index (χ3v) is 3.48. The zero-order valence-corrected chi connectivity index (χ0v) is 10.7. The van der Waals surface area contributed by atoms with Crippen molar-refractivity contribution in [2.75, 3.05) is 0 Å². The fraction of sp³-hybridized carbons (Fsp3) is 0.118. The minimum atomic E-state index is -0.188. The highest BCUT2D eigenvalue weighted by Gasteiger charge is 2.09. The standard InChI is InChI=1S/C17H14FN/c1-12(13-4-2-6-16(18)11-13)14-7-8-17-15(10-14)5-3-9-19-17/h2-12H,1H3. The lowest BCUT2D eigenvalue weighted by molar-refractivity contribution is 0.624. The van der Waals surface area contributed by atoms with Gasteiger partial charge in [0.15, 0.2) is 0 Å². The minimum absolute atomic E-state index is 0.167. The number of hydrogen-bond acceptors (Lipinski definition) is 1. The van der Waals surface area contributed by atoms with Gasteiger partial charge < -0.3 is 0 Å². The van der Waals surface area contributed by atoms with Crippen molar-refractivity contribution in [1.29, 1.82) is 0 Å². The predicted molar refractivity (Wildman–Crippen MR) is 75.7 cm³/mol. The Bertz CT molecular complexity index is 721. The maximum absolute atomic E-state index is 13.3. The lowest BCUT2D eigenvalue weighted by Gasteiger charge is -2.13. The lowest BCUT2D eigenvalue weighted by Crippen LogP contribution is -1.96. The molecule has 0 amide bonds. The quantitative estimate of drug-likeness (QED) is 0.652. The van der Waals surface area contributed by atoms with E-state index in [0.29, 0.717) is 0 Å². The van der Waals surface area contributed by atoms with Gasteiger partial charge in [0.2, 0.25) is 0 Å². The van der Waals surface area contributed by atoms with Crippen molar-refractivity contribution < 1.29 is 4.39 Å². The highest BCUT2D eigenvalue weighted by molar-refractivity contribution is 5.79. The molecule has 0 saturated heterocycles. The monoisotopic (exact) mass is 251 g/mol. The molecule has 2 aromatic carbocycles. The smallest absolute Gasteiger partial charge is 0.123 e. The van der Waals surface area contributed by atoms with Crippen LogP contribution in [-0.4, -0.2) is 4.98 Å². The van der Waals surface area contributed by atoms with Gasteiger partial charge in [0.05, 0.1) is 5.52 Å². The number of halogens is 1. The van der Waals surface area contributed by atoms with Gasteiger partial charge in [-0.2, -0.15) is 0 Å². The van der Waals surface area contributed by atoms with Gasteiger partial charge >= 0.3 is 0 Å². The van der Waals surface area contributed by atoms with Crippen LogP contribution in [-0.2, 0) is 0 Å². The molecule has 1 atom stereocenters. The van der Waals surface area contributed by atoms with Crippen LogP contribution in [0, 0.1) is 5.82 Å². The second-order valence-corrected chi connectivity index (χ2v) is 4.73. The SMILES string of the molecule is CC(c1cccc(F)c1)c1ccc2ncccc2c1. The number of fused-ring (bicyclic) bond motifs is 1. The van der Waals surface area contributed by atoms with E-state index in [9.17, 15) is 4.39 Å². The van der Waals surface area contributed by atoms with Gasteiger partial charge in [0, 0.05) is 17.5 Å². The Morgan fingerprint density at radius 3 is 2.63 bits per heavy atom. The highest BCUT2D eigenvalue weighted by Crippen LogP contribution is 2.26. The summed E-state index contributed by atoms with van der Waals surface area (Å²) in [5.41, 5.74) is 3.15. The third-order valence-electron chi connectivity index (χ3n) is 3.48. The minimum Gasteiger partial charge on any atom is -0.256 e. The van der Waals surface area contributed by atoms with Crippen molar-refractivity contribution in [3.8, 4) is 0 Å². The Morgan fingerprint density at radius 1 is 0.947 bits per heavy atom. The molecule has 0 spiro atoms. The van der Waals surface area contributed by atoms with E-state index in [0.717, 1.165) is 16.5 Å². The Morgan fingerprint density at radius 2 is 1.79 bits per heavy atom. The molecule has 2 heteroatoms. The molecule has 1 heterocycles. The molecule has 1 unspecified atom stereocenters.